The second-order valence-corrected chi connectivity index (χ2v) is 4.79. The normalized spacial score (nSPS) is 13.6. The second kappa shape index (κ2) is 6.96. The van der Waals surface area contributed by atoms with Gasteiger partial charge in [0.2, 0.25) is 0 Å². The van der Waals surface area contributed by atoms with Gasteiger partial charge >= 0.3 is 0 Å². The molecule has 2 aromatic carbocycles. The highest BCUT2D eigenvalue weighted by Crippen LogP contribution is 2.24. The molecule has 0 fully saturated rings. The van der Waals surface area contributed by atoms with Crippen LogP contribution in [0.15, 0.2) is 54.6 Å². The van der Waals surface area contributed by atoms with E-state index in [0.29, 0.717) is 6.04 Å². The summed E-state index contributed by atoms with van der Waals surface area (Å²) in [5, 5.41) is 3.18. The molecule has 2 aromatic rings. The molecule has 0 aliphatic rings. The van der Waals surface area contributed by atoms with E-state index in [1.54, 1.807) is 0 Å². The third kappa shape index (κ3) is 4.00. The average molecular weight is 271 g/mol. The molecule has 0 heterocycles. The van der Waals surface area contributed by atoms with Crippen LogP contribution in [0.5, 0.6) is 17.2 Å². The Balaban J connectivity index is 1.96. The quantitative estimate of drug-likeness (QED) is 0.865. The molecule has 0 bridgehead atoms. The van der Waals surface area contributed by atoms with Crippen molar-refractivity contribution in [3.8, 4) is 17.2 Å². The fraction of sp³-hybridized carbons (Fsp3) is 0.294. The maximum atomic E-state index is 5.85. The zero-order chi connectivity index (χ0) is 14.4. The minimum absolute atomic E-state index is 0.112. The summed E-state index contributed by atoms with van der Waals surface area (Å²) in [5.74, 6) is 2.48. The van der Waals surface area contributed by atoms with E-state index in [2.05, 4.69) is 19.2 Å². The monoisotopic (exact) mass is 271 g/mol. The van der Waals surface area contributed by atoms with E-state index in [1.807, 2.05) is 61.6 Å². The predicted molar refractivity (Wildman–Crippen MR) is 81.6 cm³/mol. The molecule has 106 valence electrons. The zero-order valence-corrected chi connectivity index (χ0v) is 12.2. The molecule has 0 amide bonds. The summed E-state index contributed by atoms with van der Waals surface area (Å²) in [6, 6.07) is 17.7. The topological polar surface area (TPSA) is 30.5 Å². The van der Waals surface area contributed by atoms with Crippen molar-refractivity contribution in [2.45, 2.75) is 26.0 Å². The van der Waals surface area contributed by atoms with Crippen LogP contribution < -0.4 is 14.8 Å². The summed E-state index contributed by atoms with van der Waals surface area (Å²) in [5.41, 5.74) is 0. The van der Waals surface area contributed by atoms with E-state index in [1.165, 1.54) is 0 Å². The van der Waals surface area contributed by atoms with Gasteiger partial charge in [-0.2, -0.15) is 0 Å². The van der Waals surface area contributed by atoms with Crippen molar-refractivity contribution < 1.29 is 9.47 Å². The van der Waals surface area contributed by atoms with Crippen LogP contribution >= 0.6 is 0 Å². The first kappa shape index (κ1) is 14.4. The van der Waals surface area contributed by atoms with Gasteiger partial charge in [-0.3, -0.25) is 0 Å². The molecule has 0 spiro atoms. The standard InChI is InChI=1S/C17H21NO2/c1-13(18-3)14(2)19-16-9-11-17(12-10-16)20-15-7-5-4-6-8-15/h4-14,18H,1-3H3. The van der Waals surface area contributed by atoms with Crippen LogP contribution in [0.4, 0.5) is 0 Å². The Bertz CT molecular complexity index is 510. The molecule has 0 aliphatic heterocycles. The highest BCUT2D eigenvalue weighted by atomic mass is 16.5. The van der Waals surface area contributed by atoms with Crippen molar-refractivity contribution in [3.05, 3.63) is 54.6 Å². The lowest BCUT2D eigenvalue weighted by Gasteiger charge is -2.21. The van der Waals surface area contributed by atoms with Crippen LogP contribution in [-0.2, 0) is 0 Å². The minimum atomic E-state index is 0.112. The molecule has 0 aliphatic carbocycles. The molecule has 0 radical (unpaired) electrons. The van der Waals surface area contributed by atoms with E-state index in [0.717, 1.165) is 17.2 Å². The Morgan fingerprint density at radius 2 is 1.35 bits per heavy atom. The lowest BCUT2D eigenvalue weighted by molar-refractivity contribution is 0.182. The maximum absolute atomic E-state index is 5.85. The second-order valence-electron chi connectivity index (χ2n) is 4.79. The fourth-order valence-corrected chi connectivity index (χ4v) is 1.76. The largest absolute Gasteiger partial charge is 0.489 e. The lowest BCUT2D eigenvalue weighted by Crippen LogP contribution is -2.36. The Kier molecular flexibility index (Phi) is 5.02. The SMILES string of the molecule is CNC(C)C(C)Oc1ccc(Oc2ccccc2)cc1. The first-order valence-electron chi connectivity index (χ1n) is 6.86. The number of hydrogen-bond donors (Lipinski definition) is 1. The van der Waals surface area contributed by atoms with Gasteiger partial charge in [0.25, 0.3) is 0 Å². The summed E-state index contributed by atoms with van der Waals surface area (Å²) >= 11 is 0. The highest BCUT2D eigenvalue weighted by molar-refractivity contribution is 5.35. The summed E-state index contributed by atoms with van der Waals surface area (Å²) in [6.45, 7) is 4.15. The third-order valence-electron chi connectivity index (χ3n) is 3.28. The molecule has 2 rings (SSSR count). The molecule has 1 N–H and O–H groups in total. The zero-order valence-electron chi connectivity index (χ0n) is 12.2. The van der Waals surface area contributed by atoms with Crippen molar-refractivity contribution in [3.63, 3.8) is 0 Å². The van der Waals surface area contributed by atoms with Crippen molar-refractivity contribution in [2.24, 2.45) is 0 Å². The van der Waals surface area contributed by atoms with Gasteiger partial charge in [0, 0.05) is 6.04 Å². The van der Waals surface area contributed by atoms with Crippen LogP contribution in [-0.4, -0.2) is 19.2 Å². The number of ether oxygens (including phenoxy) is 2. The van der Waals surface area contributed by atoms with Gasteiger partial charge in [0.05, 0.1) is 0 Å². The first-order valence-corrected chi connectivity index (χ1v) is 6.86. The van der Waals surface area contributed by atoms with Gasteiger partial charge in [-0.25, -0.2) is 0 Å². The summed E-state index contributed by atoms with van der Waals surface area (Å²) < 4.78 is 11.6. The molecule has 0 saturated heterocycles. The first-order chi connectivity index (χ1) is 9.69. The van der Waals surface area contributed by atoms with E-state index >= 15 is 0 Å². The van der Waals surface area contributed by atoms with Crippen LogP contribution in [0, 0.1) is 0 Å². The van der Waals surface area contributed by atoms with Crippen LogP contribution in [0.25, 0.3) is 0 Å². The van der Waals surface area contributed by atoms with E-state index in [4.69, 9.17) is 9.47 Å². The Morgan fingerprint density at radius 1 is 0.800 bits per heavy atom. The van der Waals surface area contributed by atoms with Crippen molar-refractivity contribution in [1.29, 1.82) is 0 Å². The molecule has 2 unspecified atom stereocenters. The van der Waals surface area contributed by atoms with Gasteiger partial charge in [-0.1, -0.05) is 18.2 Å². The number of nitrogens with one attached hydrogen (secondary N) is 1. The molecular formula is C17H21NO2. The van der Waals surface area contributed by atoms with E-state index in [-0.39, 0.29) is 6.10 Å². The van der Waals surface area contributed by atoms with Crippen molar-refractivity contribution >= 4 is 0 Å². The van der Waals surface area contributed by atoms with Crippen LogP contribution in [0.1, 0.15) is 13.8 Å². The number of hydrogen-bond acceptors (Lipinski definition) is 3. The molecular weight excluding hydrogens is 250 g/mol. The van der Waals surface area contributed by atoms with Crippen LogP contribution in [0.2, 0.25) is 0 Å². The molecule has 3 heteroatoms. The number of para-hydroxylation sites is 1. The highest BCUT2D eigenvalue weighted by Gasteiger charge is 2.11. The van der Waals surface area contributed by atoms with Crippen LogP contribution in [0.3, 0.4) is 0 Å². The molecule has 0 aromatic heterocycles. The third-order valence-corrected chi connectivity index (χ3v) is 3.28. The number of benzene rings is 2. The van der Waals surface area contributed by atoms with Crippen molar-refractivity contribution in [2.75, 3.05) is 7.05 Å². The summed E-state index contributed by atoms with van der Waals surface area (Å²) in [4.78, 5) is 0. The van der Waals surface area contributed by atoms with E-state index in [9.17, 15) is 0 Å². The molecule has 3 nitrogen and oxygen atoms in total. The smallest absolute Gasteiger partial charge is 0.127 e. The predicted octanol–water partition coefficient (Wildman–Crippen LogP) is 3.85. The van der Waals surface area contributed by atoms with Gasteiger partial charge in [0.15, 0.2) is 0 Å². The molecule has 20 heavy (non-hydrogen) atoms. The van der Waals surface area contributed by atoms with Gasteiger partial charge in [-0.15, -0.1) is 0 Å². The summed E-state index contributed by atoms with van der Waals surface area (Å²) in [7, 11) is 1.93. The fourth-order valence-electron chi connectivity index (χ4n) is 1.76. The van der Waals surface area contributed by atoms with Crippen molar-refractivity contribution in [1.82, 2.24) is 5.32 Å². The maximum Gasteiger partial charge on any atom is 0.127 e. The van der Waals surface area contributed by atoms with E-state index < -0.39 is 0 Å². The Hall–Kier alpha value is -2.00. The number of rotatable bonds is 6. The van der Waals surface area contributed by atoms with Gasteiger partial charge in [0.1, 0.15) is 23.4 Å². The molecule has 2 atom stereocenters. The Morgan fingerprint density at radius 3 is 1.95 bits per heavy atom. The average Bonchev–Trinajstić information content (AvgIpc) is 2.49. The number of likely N-dealkylation sites (N-methyl/N-ethyl adjacent to an activating group) is 1. The minimum Gasteiger partial charge on any atom is -0.489 e. The lowest BCUT2D eigenvalue weighted by atomic mass is 10.2. The Labute approximate surface area is 120 Å². The van der Waals surface area contributed by atoms with Gasteiger partial charge < -0.3 is 14.8 Å². The summed E-state index contributed by atoms with van der Waals surface area (Å²) in [6.07, 6.45) is 0.112. The molecule has 0 saturated carbocycles. The van der Waals surface area contributed by atoms with Gasteiger partial charge in [-0.05, 0) is 57.3 Å².